The van der Waals surface area contributed by atoms with E-state index in [1.165, 1.54) is 109 Å². The van der Waals surface area contributed by atoms with Gasteiger partial charge in [-0.05, 0) is 207 Å². The number of ether oxygens (including phenoxy) is 1. The molecular formula is C81H72F12N22O19S7. The lowest BCUT2D eigenvalue weighted by Gasteiger charge is -2.17. The molecule has 14 aromatic rings. The monoisotopic (exact) mass is 2110 g/mol. The van der Waals surface area contributed by atoms with Crippen LogP contribution in [0.1, 0.15) is 111 Å². The number of halogens is 12. The highest BCUT2D eigenvalue weighted by Crippen LogP contribution is 2.36. The molecule has 7 heterocycles. The van der Waals surface area contributed by atoms with Crippen molar-refractivity contribution in [1.29, 1.82) is 9.56 Å². The number of thioether (sulfide) groups is 4. The molecule has 41 nitrogen and oxygen atoms in total. The van der Waals surface area contributed by atoms with Gasteiger partial charge in [-0.1, -0.05) is 73.7 Å². The van der Waals surface area contributed by atoms with E-state index in [4.69, 9.17) is 33.9 Å². The van der Waals surface area contributed by atoms with Crippen LogP contribution < -0.4 is 39.0 Å². The van der Waals surface area contributed by atoms with Gasteiger partial charge in [0.25, 0.3) is 43.4 Å². The number of hydrogen-bond donors (Lipinski definition) is 7. The molecule has 0 aliphatic rings. The number of amides is 4. The number of nitrogens with zero attached hydrogens (tertiary/aromatic N) is 16. The number of benzene rings is 7. The van der Waals surface area contributed by atoms with Crippen LogP contribution in [0.5, 0.6) is 0 Å². The Morgan fingerprint density at radius 3 is 1.09 bits per heavy atom. The van der Waals surface area contributed by atoms with Crippen LogP contribution in [-0.4, -0.2) is 191 Å². The molecule has 0 radical (unpaired) electrons. The summed E-state index contributed by atoms with van der Waals surface area (Å²) in [6.07, 6.45) is -9.52. The number of nitrogens with two attached hydrogens (primary N) is 1. The zero-order valence-corrected chi connectivity index (χ0v) is 78.7. The molecule has 60 heteroatoms. The third-order valence-electron chi connectivity index (χ3n) is 18.3. The minimum Gasteiger partial charge on any atom is -0.442 e. The van der Waals surface area contributed by atoms with E-state index in [0.29, 0.717) is 44.0 Å². The van der Waals surface area contributed by atoms with E-state index in [2.05, 4.69) is 100 Å². The van der Waals surface area contributed by atoms with E-state index in [1.807, 2.05) is 0 Å². The fourth-order valence-electron chi connectivity index (χ4n) is 11.8. The predicted molar refractivity (Wildman–Crippen MR) is 478 cm³/mol. The summed E-state index contributed by atoms with van der Waals surface area (Å²) in [5.41, 5.74) is 2.10. The molecule has 0 saturated heterocycles. The summed E-state index contributed by atoms with van der Waals surface area (Å²) >= 11 is 4.51. The minimum atomic E-state index is -3.13. The van der Waals surface area contributed by atoms with Gasteiger partial charge in [-0.2, -0.15) is 0 Å². The van der Waals surface area contributed by atoms with Gasteiger partial charge in [-0.15, -0.1) is 4.36 Å². The van der Waals surface area contributed by atoms with Crippen molar-refractivity contribution in [3.8, 4) is 51.6 Å². The zero-order valence-electron chi connectivity index (χ0n) is 73.0. The van der Waals surface area contributed by atoms with Crippen molar-refractivity contribution in [2.45, 2.75) is 93.3 Å². The Morgan fingerprint density at radius 1 is 0.447 bits per heavy atom. The number of nitrogens with one attached hydrogen (secondary N) is 5. The lowest BCUT2D eigenvalue weighted by molar-refractivity contribution is 0.0606. The molecule has 0 fully saturated rings. The topological polar surface area (TPSA) is 583 Å². The lowest BCUT2D eigenvalue weighted by atomic mass is 10.0. The first-order chi connectivity index (χ1) is 66.8. The van der Waals surface area contributed by atoms with Crippen LogP contribution in [0.4, 0.5) is 57.5 Å². The highest BCUT2D eigenvalue weighted by atomic mass is 32.2. The maximum absolute atomic E-state index is 13.8. The molecule has 0 aliphatic heterocycles. The number of carbonyl (C=O) groups is 4. The molecule has 4 amide bonds. The summed E-state index contributed by atoms with van der Waals surface area (Å²) in [5, 5.41) is 62.1. The van der Waals surface area contributed by atoms with Crippen LogP contribution >= 0.6 is 47.0 Å². The number of oxime groups is 1. The van der Waals surface area contributed by atoms with Gasteiger partial charge < -0.3 is 31.6 Å². The van der Waals surface area contributed by atoms with E-state index in [1.54, 1.807) is 20.8 Å². The molecule has 0 bridgehead atoms. The van der Waals surface area contributed by atoms with Crippen molar-refractivity contribution in [1.82, 2.24) is 86.4 Å². The highest BCUT2D eigenvalue weighted by molar-refractivity contribution is 8.00. The third kappa shape index (κ3) is 28.1. The number of hydrogen-bond acceptors (Lipinski definition) is 38. The molecule has 14 rings (SSSR count). The Labute approximate surface area is 802 Å². The maximum Gasteiger partial charge on any atom is 0.446 e. The maximum atomic E-state index is 13.8. The average Bonchev–Trinajstić information content (AvgIpc) is 1.64. The Hall–Kier alpha value is -14.4. The first-order valence-corrected chi connectivity index (χ1v) is 49.5. The molecule has 7 aromatic carbocycles. The summed E-state index contributed by atoms with van der Waals surface area (Å²) in [6.45, 7) is 5.88. The summed E-state index contributed by atoms with van der Waals surface area (Å²) in [6, 6.07) is 28.8. The number of rotatable bonds is 34. The van der Waals surface area contributed by atoms with Crippen LogP contribution in [0, 0.1) is 32.8 Å². The molecule has 3 unspecified atom stereocenters. The standard InChI is InChI=1S/C26H25F3N6O7S2.C21H17F3N6O5S2.C21H20F3N5O4S2.C13H10F3N5O3S/c1-26(2,3)40-24(37)34-44(4,39)16-8-5-14(6-9-16)22(36)30-11-12-43-23-19(31-42-33-23)21-32-41-25(38)35(21)15-7-10-18(27)17(13-15)20(28)29;1-37(25,33)13-5-2-11(3-6-13)19(31)26-8-9-36-20-16(27-35-29-20)18-28-34-21(32)30(18)12-4-7-15(22)14(10-12)17(23)24;1-35(25,32)14-5-3-13(4-6-14)20(30)26-8-9-34-21-18(28-33-29-21)17(27-31)11-12-2-7-16(22)15(10-12)19(23)24;14-8-2-1-6(5-7(8)10(15)16)21-11(19-23-13(21)22)9-12(20-24-18-9)25-4-3-17/h5-10,13,20H,11-12H2,1-4H3,(H,30,36);2-7,10,17,25H,8-9H2,1H3,(H,26,31);2-7,10,19,25,31H,8-9,11H2,1H3,(H,26,30);1-2,5,10H,3-4,17H2. The van der Waals surface area contributed by atoms with Crippen LogP contribution in [0.15, 0.2) is 236 Å². The second kappa shape index (κ2) is 47.5. The highest BCUT2D eigenvalue weighted by Gasteiger charge is 2.31. The van der Waals surface area contributed by atoms with Gasteiger partial charge in [0.1, 0.15) is 34.6 Å². The predicted octanol–water partition coefficient (Wildman–Crippen LogP) is 14.5. The van der Waals surface area contributed by atoms with Crippen molar-refractivity contribution in [3.05, 3.63) is 251 Å². The Morgan fingerprint density at radius 2 is 0.759 bits per heavy atom. The molecule has 0 spiro atoms. The quantitative estimate of drug-likeness (QED) is 0.00492. The van der Waals surface area contributed by atoms with E-state index in [9.17, 15) is 104 Å². The second-order valence-corrected chi connectivity index (χ2v) is 40.4. The molecule has 8 N–H and O–H groups in total. The Balaban J connectivity index is 0.000000183. The van der Waals surface area contributed by atoms with E-state index in [-0.39, 0.29) is 138 Å². The largest absolute Gasteiger partial charge is 0.446 e. The van der Waals surface area contributed by atoms with Crippen molar-refractivity contribution < 1.29 is 127 Å². The van der Waals surface area contributed by atoms with Crippen LogP contribution in [0.2, 0.25) is 0 Å². The van der Waals surface area contributed by atoms with Crippen molar-refractivity contribution in [2.75, 3.05) is 68.0 Å². The van der Waals surface area contributed by atoms with E-state index < -0.39 is 141 Å². The molecule has 141 heavy (non-hydrogen) atoms. The lowest BCUT2D eigenvalue weighted by Crippen LogP contribution is -2.25. The molecule has 746 valence electrons. The molecule has 7 aromatic heterocycles. The van der Waals surface area contributed by atoms with E-state index in [0.717, 1.165) is 116 Å². The fourth-order valence-corrected chi connectivity index (χ4v) is 17.1. The van der Waals surface area contributed by atoms with Gasteiger partial charge in [0.2, 0.25) is 17.5 Å². The normalized spacial score (nSPS) is 12.9. The van der Waals surface area contributed by atoms with Gasteiger partial charge in [0, 0.05) is 106 Å². The number of alkyl halides is 8. The summed E-state index contributed by atoms with van der Waals surface area (Å²) in [4.78, 5) is 86.6. The van der Waals surface area contributed by atoms with Crippen LogP contribution in [-0.2, 0) is 40.3 Å². The van der Waals surface area contributed by atoms with Crippen molar-refractivity contribution in [2.24, 2.45) is 15.3 Å². The van der Waals surface area contributed by atoms with Crippen LogP contribution in [0.25, 0.3) is 51.6 Å². The van der Waals surface area contributed by atoms with Gasteiger partial charge in [-0.25, -0.2) is 126 Å². The second-order valence-electron chi connectivity index (χ2n) is 29.5. The zero-order chi connectivity index (χ0) is 103. The molecule has 3 atom stereocenters. The fraction of sp³-hybridized carbons (Fsp3) is 0.247. The smallest absolute Gasteiger partial charge is 0.442 e. The van der Waals surface area contributed by atoms with Gasteiger partial charge in [0.05, 0.1) is 68.5 Å². The molecular weight excluding hydrogens is 2040 g/mol. The van der Waals surface area contributed by atoms with Crippen molar-refractivity contribution >= 4 is 106 Å². The third-order valence-corrected chi connectivity index (χ3v) is 26.1. The van der Waals surface area contributed by atoms with Crippen LogP contribution in [0.3, 0.4) is 0 Å². The summed E-state index contributed by atoms with van der Waals surface area (Å²) < 4.78 is 255. The SMILES string of the molecule is CC(C)(C)OC(=O)N=S(C)(=O)c1ccc(C(=O)NCCSc2nonc2-c2noc(=O)n2-c2ccc(F)c(C(F)F)c2)cc1.CS(=N)(=O)c1ccc(C(=O)NCCSc2nonc2-c2noc(=O)n2-c2ccc(F)c(C(F)F)c2)cc1.CS(=N)(=O)c1ccc(C(=O)NCCSc2nonc2C(Cc2ccc(F)c(C(F)F)c2)=NO)cc1.NCCSc1nonc1-c1noc(=O)n1-c1ccc(F)c(C(F)F)c1. The van der Waals surface area contributed by atoms with Gasteiger partial charge in [0.15, 0.2) is 42.9 Å². The van der Waals surface area contributed by atoms with Crippen molar-refractivity contribution in [3.63, 3.8) is 0 Å². The average molecular weight is 2110 g/mol. The molecule has 0 aliphatic carbocycles. The van der Waals surface area contributed by atoms with Gasteiger partial charge in [-0.3, -0.25) is 28.0 Å². The number of carbonyl (C=O) groups excluding carboxylic acids is 4. The minimum absolute atomic E-state index is 0.0217. The first kappa shape index (κ1) is 107. The summed E-state index contributed by atoms with van der Waals surface area (Å²) in [7, 11) is -8.87. The Kier molecular flexibility index (Phi) is 36.1. The molecule has 0 saturated carbocycles. The Bertz CT molecular complexity index is 7430. The first-order valence-electron chi connectivity index (χ1n) is 39.7. The summed E-state index contributed by atoms with van der Waals surface area (Å²) in [5.74, 6) is -7.81. The van der Waals surface area contributed by atoms with E-state index >= 15 is 0 Å². The number of aromatic nitrogens is 14. The van der Waals surface area contributed by atoms with Gasteiger partial charge >= 0.3 is 23.4 Å².